The Labute approximate surface area is 123 Å². The highest BCUT2D eigenvalue weighted by Gasteiger charge is 2.26. The molecular formula is C13H19N7O. The van der Waals surface area contributed by atoms with Crippen molar-refractivity contribution in [1.29, 1.82) is 0 Å². The minimum atomic E-state index is 0.247. The Morgan fingerprint density at radius 3 is 2.95 bits per heavy atom. The van der Waals surface area contributed by atoms with Gasteiger partial charge in [0.1, 0.15) is 0 Å². The van der Waals surface area contributed by atoms with E-state index >= 15 is 0 Å². The number of ether oxygens (including phenoxy) is 1. The summed E-state index contributed by atoms with van der Waals surface area (Å²) in [5, 5.41) is 4.38. The number of hydrogen-bond acceptors (Lipinski definition) is 7. The number of nitrogens with zero attached hydrogens (tertiary/aromatic N) is 6. The van der Waals surface area contributed by atoms with Gasteiger partial charge in [-0.1, -0.05) is 0 Å². The maximum Gasteiger partial charge on any atom is 0.228 e. The third kappa shape index (κ3) is 2.74. The first kappa shape index (κ1) is 13.6. The molecule has 1 unspecified atom stereocenters. The molecule has 1 fully saturated rings. The van der Waals surface area contributed by atoms with Crippen LogP contribution < -0.4 is 15.4 Å². The topological polar surface area (TPSA) is 95.0 Å². The molecule has 8 nitrogen and oxygen atoms in total. The Bertz CT molecular complexity index is 607. The average molecular weight is 289 g/mol. The molecule has 8 heteroatoms. The van der Waals surface area contributed by atoms with Crippen molar-refractivity contribution < 1.29 is 4.74 Å². The summed E-state index contributed by atoms with van der Waals surface area (Å²) < 4.78 is 6.76. The summed E-state index contributed by atoms with van der Waals surface area (Å²) in [6, 6.07) is 1.74. The maximum absolute atomic E-state index is 5.77. The zero-order chi connectivity index (χ0) is 14.8. The van der Waals surface area contributed by atoms with Gasteiger partial charge in [-0.3, -0.25) is 0 Å². The molecule has 3 rings (SSSR count). The van der Waals surface area contributed by atoms with Gasteiger partial charge in [-0.2, -0.15) is 15.1 Å². The fraction of sp³-hybridized carbons (Fsp3) is 0.538. The Morgan fingerprint density at radius 1 is 1.38 bits per heavy atom. The minimum absolute atomic E-state index is 0.247. The molecule has 0 radical (unpaired) electrons. The molecule has 1 saturated heterocycles. The molecule has 2 aromatic rings. The Balaban J connectivity index is 1.79. The highest BCUT2D eigenvalue weighted by Crippen LogP contribution is 2.27. The number of rotatable bonds is 3. The van der Waals surface area contributed by atoms with Crippen LogP contribution in [-0.2, 0) is 7.05 Å². The highest BCUT2D eigenvalue weighted by molar-refractivity contribution is 5.34. The Morgan fingerprint density at radius 2 is 2.24 bits per heavy atom. The molecule has 0 amide bonds. The van der Waals surface area contributed by atoms with Gasteiger partial charge in [0.05, 0.1) is 7.11 Å². The normalized spacial score (nSPS) is 18.8. The highest BCUT2D eigenvalue weighted by atomic mass is 16.5. The van der Waals surface area contributed by atoms with Gasteiger partial charge in [0.15, 0.2) is 5.82 Å². The smallest absolute Gasteiger partial charge is 0.228 e. The van der Waals surface area contributed by atoms with E-state index in [1.165, 1.54) is 0 Å². The molecular weight excluding hydrogens is 270 g/mol. The molecule has 112 valence electrons. The third-order valence-electron chi connectivity index (χ3n) is 3.71. The molecule has 0 aromatic carbocycles. The van der Waals surface area contributed by atoms with Gasteiger partial charge < -0.3 is 15.4 Å². The largest absolute Gasteiger partial charge is 0.481 e. The van der Waals surface area contributed by atoms with Crippen LogP contribution in [0.15, 0.2) is 12.3 Å². The number of methoxy groups -OCH3 is 1. The predicted octanol–water partition coefficient (Wildman–Crippen LogP) is 0.580. The summed E-state index contributed by atoms with van der Waals surface area (Å²) >= 11 is 0. The van der Waals surface area contributed by atoms with Gasteiger partial charge in [0, 0.05) is 38.3 Å². The SMILES string of the molecule is COc1ccnc(N2CCCC(c3nc(N)n(C)n3)C2)n1. The summed E-state index contributed by atoms with van der Waals surface area (Å²) in [6.07, 6.45) is 3.80. The van der Waals surface area contributed by atoms with E-state index in [9.17, 15) is 0 Å². The molecule has 1 aliphatic rings. The average Bonchev–Trinajstić information content (AvgIpc) is 2.87. The van der Waals surface area contributed by atoms with E-state index in [2.05, 4.69) is 25.0 Å². The molecule has 21 heavy (non-hydrogen) atoms. The second kappa shape index (κ2) is 5.55. The van der Waals surface area contributed by atoms with Crippen LogP contribution in [0, 0.1) is 0 Å². The molecule has 3 heterocycles. The summed E-state index contributed by atoms with van der Waals surface area (Å²) in [5.74, 6) is 2.74. The van der Waals surface area contributed by atoms with Crippen LogP contribution in [0.5, 0.6) is 5.88 Å². The number of aryl methyl sites for hydroxylation is 1. The number of piperidine rings is 1. The van der Waals surface area contributed by atoms with Crippen molar-refractivity contribution in [1.82, 2.24) is 24.7 Å². The van der Waals surface area contributed by atoms with Crippen LogP contribution in [0.2, 0.25) is 0 Å². The van der Waals surface area contributed by atoms with Crippen molar-refractivity contribution >= 4 is 11.9 Å². The van der Waals surface area contributed by atoms with Gasteiger partial charge in [-0.15, -0.1) is 0 Å². The number of hydrogen-bond donors (Lipinski definition) is 1. The number of nitrogen functional groups attached to an aromatic ring is 1. The van der Waals surface area contributed by atoms with E-state index in [1.54, 1.807) is 31.1 Å². The van der Waals surface area contributed by atoms with Crippen molar-refractivity contribution in [3.05, 3.63) is 18.1 Å². The van der Waals surface area contributed by atoms with E-state index in [-0.39, 0.29) is 5.92 Å². The van der Waals surface area contributed by atoms with Crippen molar-refractivity contribution in [2.45, 2.75) is 18.8 Å². The second-order valence-electron chi connectivity index (χ2n) is 5.14. The summed E-state index contributed by atoms with van der Waals surface area (Å²) in [7, 11) is 3.41. The van der Waals surface area contributed by atoms with Crippen LogP contribution in [0.3, 0.4) is 0 Å². The molecule has 1 aliphatic heterocycles. The van der Waals surface area contributed by atoms with Gasteiger partial charge in [0.25, 0.3) is 0 Å². The first-order valence-electron chi connectivity index (χ1n) is 6.95. The van der Waals surface area contributed by atoms with Crippen LogP contribution in [0.25, 0.3) is 0 Å². The first-order chi connectivity index (χ1) is 10.2. The Kier molecular flexibility index (Phi) is 3.59. The molecule has 0 aliphatic carbocycles. The number of anilines is 2. The second-order valence-corrected chi connectivity index (χ2v) is 5.14. The van der Waals surface area contributed by atoms with Crippen molar-refractivity contribution in [2.75, 3.05) is 30.8 Å². The molecule has 0 spiro atoms. The lowest BCUT2D eigenvalue weighted by molar-refractivity contribution is 0.395. The van der Waals surface area contributed by atoms with Crippen molar-refractivity contribution in [2.24, 2.45) is 7.05 Å². The summed E-state index contributed by atoms with van der Waals surface area (Å²) in [5.41, 5.74) is 5.77. The fourth-order valence-electron chi connectivity index (χ4n) is 2.56. The van der Waals surface area contributed by atoms with Crippen LogP contribution in [-0.4, -0.2) is 44.9 Å². The minimum Gasteiger partial charge on any atom is -0.481 e. The monoisotopic (exact) mass is 289 g/mol. The quantitative estimate of drug-likeness (QED) is 0.883. The van der Waals surface area contributed by atoms with Gasteiger partial charge in [-0.25, -0.2) is 9.67 Å². The lowest BCUT2D eigenvalue weighted by Crippen LogP contribution is -2.36. The van der Waals surface area contributed by atoms with E-state index in [0.29, 0.717) is 17.8 Å². The van der Waals surface area contributed by atoms with Crippen LogP contribution >= 0.6 is 0 Å². The van der Waals surface area contributed by atoms with Gasteiger partial charge in [-0.05, 0) is 12.8 Å². The maximum atomic E-state index is 5.77. The van der Waals surface area contributed by atoms with E-state index < -0.39 is 0 Å². The molecule has 2 N–H and O–H groups in total. The zero-order valence-electron chi connectivity index (χ0n) is 12.2. The van der Waals surface area contributed by atoms with Crippen LogP contribution in [0.1, 0.15) is 24.6 Å². The molecule has 0 bridgehead atoms. The van der Waals surface area contributed by atoms with Crippen molar-refractivity contribution in [3.8, 4) is 5.88 Å². The first-order valence-corrected chi connectivity index (χ1v) is 6.95. The molecule has 2 aromatic heterocycles. The third-order valence-corrected chi connectivity index (χ3v) is 3.71. The fourth-order valence-corrected chi connectivity index (χ4v) is 2.56. The zero-order valence-corrected chi connectivity index (χ0v) is 12.2. The molecule has 1 atom stereocenters. The lowest BCUT2D eigenvalue weighted by atomic mass is 9.98. The molecule has 0 saturated carbocycles. The van der Waals surface area contributed by atoms with E-state index in [1.807, 2.05) is 0 Å². The lowest BCUT2D eigenvalue weighted by Gasteiger charge is -2.31. The van der Waals surface area contributed by atoms with Gasteiger partial charge >= 0.3 is 0 Å². The summed E-state index contributed by atoms with van der Waals surface area (Å²) in [6.45, 7) is 1.71. The van der Waals surface area contributed by atoms with Crippen molar-refractivity contribution in [3.63, 3.8) is 0 Å². The standard InChI is InChI=1S/C13H19N7O/c1-19-12(14)17-11(18-19)9-4-3-7-20(8-9)13-15-6-5-10(16-13)21-2/h5-6,9H,3-4,7-8H2,1-2H3,(H2,14,17,18). The number of nitrogens with two attached hydrogens (primary N) is 1. The van der Waals surface area contributed by atoms with Gasteiger partial charge in [0.2, 0.25) is 17.8 Å². The van der Waals surface area contributed by atoms with E-state index in [4.69, 9.17) is 10.5 Å². The predicted molar refractivity (Wildman–Crippen MR) is 78.2 cm³/mol. The van der Waals surface area contributed by atoms with Crippen LogP contribution in [0.4, 0.5) is 11.9 Å². The number of aromatic nitrogens is 5. The Hall–Kier alpha value is -2.38. The van der Waals surface area contributed by atoms with E-state index in [0.717, 1.165) is 31.8 Å². The summed E-state index contributed by atoms with van der Waals surface area (Å²) in [4.78, 5) is 15.2.